The zero-order valence-corrected chi connectivity index (χ0v) is 16.9. The minimum Gasteiger partial charge on any atom is -0.493 e. The number of rotatable bonds is 8. The van der Waals surface area contributed by atoms with Gasteiger partial charge in [-0.2, -0.15) is 0 Å². The maximum atomic E-state index is 12.0. The average molecular weight is 451 g/mol. The van der Waals surface area contributed by atoms with Crippen molar-refractivity contribution in [2.45, 2.75) is 0 Å². The third-order valence-corrected chi connectivity index (χ3v) is 4.03. The van der Waals surface area contributed by atoms with Crippen LogP contribution in [-0.2, 0) is 14.3 Å². The van der Waals surface area contributed by atoms with Gasteiger partial charge < -0.3 is 24.8 Å². The van der Waals surface area contributed by atoms with E-state index in [1.165, 1.54) is 32.4 Å². The number of carbonyl (C=O) groups excluding carboxylic acids is 3. The maximum absolute atomic E-state index is 12.0. The summed E-state index contributed by atoms with van der Waals surface area (Å²) in [5.41, 5.74) is 0.824. The first-order chi connectivity index (χ1) is 13.4. The van der Waals surface area contributed by atoms with Crippen LogP contribution >= 0.6 is 15.9 Å². The fourth-order valence-electron chi connectivity index (χ4n) is 2.07. The monoisotopic (exact) mass is 450 g/mol. The maximum Gasteiger partial charge on any atom is 0.338 e. The molecule has 2 aromatic carbocycles. The molecule has 0 aliphatic heterocycles. The van der Waals surface area contributed by atoms with E-state index in [4.69, 9.17) is 14.2 Å². The SMILES string of the molecule is CNC(=O)COC(=O)c1ccc(OCC(=O)Nc2ccc(Br)cc2)c(OC)c1. The summed E-state index contributed by atoms with van der Waals surface area (Å²) in [5.74, 6) is -0.904. The average Bonchev–Trinajstić information content (AvgIpc) is 2.71. The fourth-order valence-corrected chi connectivity index (χ4v) is 2.34. The van der Waals surface area contributed by atoms with Gasteiger partial charge in [-0.15, -0.1) is 0 Å². The molecule has 0 radical (unpaired) electrons. The molecule has 8 nitrogen and oxygen atoms in total. The van der Waals surface area contributed by atoms with Crippen LogP contribution in [0.2, 0.25) is 0 Å². The van der Waals surface area contributed by atoms with Crippen molar-refractivity contribution >= 4 is 39.4 Å². The highest BCUT2D eigenvalue weighted by Gasteiger charge is 2.14. The Bertz CT molecular complexity index is 854. The second-order valence-corrected chi connectivity index (χ2v) is 6.37. The molecule has 28 heavy (non-hydrogen) atoms. The Balaban J connectivity index is 1.95. The molecule has 0 aromatic heterocycles. The number of anilines is 1. The largest absolute Gasteiger partial charge is 0.493 e. The van der Waals surface area contributed by atoms with Gasteiger partial charge in [0.2, 0.25) is 0 Å². The van der Waals surface area contributed by atoms with E-state index in [0.29, 0.717) is 5.69 Å². The van der Waals surface area contributed by atoms with Crippen LogP contribution in [0, 0.1) is 0 Å². The second kappa shape index (κ2) is 10.3. The standard InChI is InChI=1S/C19H19BrN2O6/c1-21-17(23)10-28-19(25)12-3-8-15(16(9-12)26-2)27-11-18(24)22-14-6-4-13(20)5-7-14/h3-9H,10-11H2,1-2H3,(H,21,23)(H,22,24). The number of ether oxygens (including phenoxy) is 3. The molecule has 0 saturated carbocycles. The molecule has 0 spiro atoms. The third-order valence-electron chi connectivity index (χ3n) is 3.50. The van der Waals surface area contributed by atoms with Gasteiger partial charge in [0.15, 0.2) is 24.7 Å². The summed E-state index contributed by atoms with van der Waals surface area (Å²) in [6.07, 6.45) is 0. The number of carbonyl (C=O) groups is 3. The molecule has 2 N–H and O–H groups in total. The van der Waals surface area contributed by atoms with Gasteiger partial charge in [-0.05, 0) is 42.5 Å². The Labute approximate surface area is 170 Å². The number of methoxy groups -OCH3 is 1. The zero-order valence-electron chi connectivity index (χ0n) is 15.3. The van der Waals surface area contributed by atoms with Gasteiger partial charge in [0.25, 0.3) is 11.8 Å². The van der Waals surface area contributed by atoms with E-state index in [9.17, 15) is 14.4 Å². The highest BCUT2D eigenvalue weighted by Crippen LogP contribution is 2.28. The van der Waals surface area contributed by atoms with Crippen molar-refractivity contribution in [1.82, 2.24) is 5.32 Å². The molecule has 0 fully saturated rings. The highest BCUT2D eigenvalue weighted by atomic mass is 79.9. The van der Waals surface area contributed by atoms with Crippen molar-refractivity contribution in [3.63, 3.8) is 0 Å². The summed E-state index contributed by atoms with van der Waals surface area (Å²) in [6.45, 7) is -0.626. The van der Waals surface area contributed by atoms with Crippen LogP contribution in [0.1, 0.15) is 10.4 Å². The van der Waals surface area contributed by atoms with Crippen molar-refractivity contribution in [3.05, 3.63) is 52.5 Å². The van der Waals surface area contributed by atoms with Crippen LogP contribution in [0.15, 0.2) is 46.9 Å². The predicted octanol–water partition coefficient (Wildman–Crippen LogP) is 2.38. The summed E-state index contributed by atoms with van der Waals surface area (Å²) in [4.78, 5) is 35.1. The number of esters is 1. The van der Waals surface area contributed by atoms with E-state index >= 15 is 0 Å². The number of benzene rings is 2. The Morgan fingerprint density at radius 2 is 1.68 bits per heavy atom. The first-order valence-electron chi connectivity index (χ1n) is 8.17. The van der Waals surface area contributed by atoms with Gasteiger partial charge in [-0.3, -0.25) is 9.59 Å². The molecule has 0 bridgehead atoms. The molecule has 0 atom stereocenters. The number of hydrogen-bond acceptors (Lipinski definition) is 6. The van der Waals surface area contributed by atoms with Gasteiger partial charge in [0, 0.05) is 17.2 Å². The fraction of sp³-hybridized carbons (Fsp3) is 0.211. The summed E-state index contributed by atoms with van der Waals surface area (Å²) in [6, 6.07) is 11.5. The molecule has 0 unspecified atom stereocenters. The molecule has 9 heteroatoms. The van der Waals surface area contributed by atoms with E-state index in [1.54, 1.807) is 24.3 Å². The molecule has 0 aliphatic carbocycles. The molecule has 2 amide bonds. The van der Waals surface area contributed by atoms with Gasteiger partial charge in [0.05, 0.1) is 12.7 Å². The quantitative estimate of drug-likeness (QED) is 0.598. The predicted molar refractivity (Wildman–Crippen MR) is 106 cm³/mol. The lowest BCUT2D eigenvalue weighted by Gasteiger charge is -2.12. The number of nitrogens with one attached hydrogen (secondary N) is 2. The van der Waals surface area contributed by atoms with Crippen molar-refractivity contribution in [2.24, 2.45) is 0 Å². The van der Waals surface area contributed by atoms with E-state index in [0.717, 1.165) is 4.47 Å². The first kappa shape index (κ1) is 21.2. The van der Waals surface area contributed by atoms with E-state index in [2.05, 4.69) is 26.6 Å². The van der Waals surface area contributed by atoms with Crippen LogP contribution in [0.3, 0.4) is 0 Å². The van der Waals surface area contributed by atoms with E-state index in [1.807, 2.05) is 0 Å². The van der Waals surface area contributed by atoms with Crippen LogP contribution in [0.25, 0.3) is 0 Å². The topological polar surface area (TPSA) is 103 Å². The summed E-state index contributed by atoms with van der Waals surface area (Å²) in [7, 11) is 2.85. The number of hydrogen-bond donors (Lipinski definition) is 2. The highest BCUT2D eigenvalue weighted by molar-refractivity contribution is 9.10. The molecule has 0 aliphatic rings. The smallest absolute Gasteiger partial charge is 0.338 e. The Kier molecular flexibility index (Phi) is 7.82. The number of halogens is 1. The first-order valence-corrected chi connectivity index (χ1v) is 8.96. The Hall–Kier alpha value is -3.07. The molecular weight excluding hydrogens is 432 g/mol. The van der Waals surface area contributed by atoms with E-state index < -0.39 is 11.9 Å². The van der Waals surface area contributed by atoms with Crippen LogP contribution < -0.4 is 20.1 Å². The van der Waals surface area contributed by atoms with Crippen LogP contribution in [-0.4, -0.2) is 45.2 Å². The molecule has 148 valence electrons. The van der Waals surface area contributed by atoms with Gasteiger partial charge in [-0.1, -0.05) is 15.9 Å². The second-order valence-electron chi connectivity index (χ2n) is 5.46. The normalized spacial score (nSPS) is 9.96. The lowest BCUT2D eigenvalue weighted by Crippen LogP contribution is -2.25. The minimum atomic E-state index is -0.679. The lowest BCUT2D eigenvalue weighted by atomic mass is 10.2. The Morgan fingerprint density at radius 1 is 0.964 bits per heavy atom. The molecule has 0 saturated heterocycles. The van der Waals surface area contributed by atoms with Gasteiger partial charge in [0.1, 0.15) is 0 Å². The van der Waals surface area contributed by atoms with E-state index in [-0.39, 0.29) is 36.2 Å². The minimum absolute atomic E-state index is 0.187. The molecular formula is C19H19BrN2O6. The summed E-state index contributed by atoms with van der Waals surface area (Å²) >= 11 is 3.32. The van der Waals surface area contributed by atoms with Crippen molar-refractivity contribution < 1.29 is 28.6 Å². The third kappa shape index (κ3) is 6.27. The lowest BCUT2D eigenvalue weighted by molar-refractivity contribution is -0.123. The van der Waals surface area contributed by atoms with Gasteiger partial charge in [-0.25, -0.2) is 4.79 Å². The van der Waals surface area contributed by atoms with Gasteiger partial charge >= 0.3 is 5.97 Å². The number of likely N-dealkylation sites (N-methyl/N-ethyl adjacent to an activating group) is 1. The Morgan fingerprint density at radius 3 is 2.32 bits per heavy atom. The molecule has 2 rings (SSSR count). The molecule has 0 heterocycles. The molecule has 2 aromatic rings. The van der Waals surface area contributed by atoms with Crippen molar-refractivity contribution in [1.29, 1.82) is 0 Å². The van der Waals surface area contributed by atoms with Crippen molar-refractivity contribution in [3.8, 4) is 11.5 Å². The summed E-state index contributed by atoms with van der Waals surface area (Å²) < 4.78 is 16.5. The number of amides is 2. The van der Waals surface area contributed by atoms with Crippen LogP contribution in [0.4, 0.5) is 5.69 Å². The zero-order chi connectivity index (χ0) is 20.5. The van der Waals surface area contributed by atoms with Crippen LogP contribution in [0.5, 0.6) is 11.5 Å². The summed E-state index contributed by atoms with van der Waals surface area (Å²) in [5, 5.41) is 5.05. The van der Waals surface area contributed by atoms with Crippen molar-refractivity contribution in [2.75, 3.05) is 32.7 Å².